The first kappa shape index (κ1) is 18.7. The predicted molar refractivity (Wildman–Crippen MR) is 98.7 cm³/mol. The number of carbonyl (C=O) groups is 2. The maximum absolute atomic E-state index is 13.0. The largest absolute Gasteiger partial charge is 0.335 e. The van der Waals surface area contributed by atoms with E-state index in [-0.39, 0.29) is 24.1 Å². The van der Waals surface area contributed by atoms with Crippen molar-refractivity contribution in [2.75, 3.05) is 32.7 Å². The molecule has 6 nitrogen and oxygen atoms in total. The van der Waals surface area contributed by atoms with Gasteiger partial charge in [0.2, 0.25) is 0 Å². The average Bonchev–Trinajstić information content (AvgIpc) is 2.89. The number of nitrogens with zero attached hydrogens (tertiary/aromatic N) is 4. The summed E-state index contributed by atoms with van der Waals surface area (Å²) in [5, 5.41) is 4.28. The normalized spacial score (nSPS) is 15.3. The molecule has 0 N–H and O–H groups in total. The molecule has 3 rings (SSSR count). The van der Waals surface area contributed by atoms with E-state index in [0.29, 0.717) is 37.4 Å². The van der Waals surface area contributed by atoms with Crippen LogP contribution in [0.2, 0.25) is 0 Å². The second kappa shape index (κ2) is 7.67. The molecule has 1 aliphatic heterocycles. The molecule has 0 radical (unpaired) electrons. The molecule has 2 aromatic rings. The number of aromatic nitrogens is 2. The minimum Gasteiger partial charge on any atom is -0.335 e. The number of aryl methyl sites for hydroxylation is 1. The molecule has 1 aromatic carbocycles. The van der Waals surface area contributed by atoms with Gasteiger partial charge in [-0.25, -0.2) is 4.39 Å². The van der Waals surface area contributed by atoms with Crippen molar-refractivity contribution in [1.29, 1.82) is 0 Å². The fourth-order valence-electron chi connectivity index (χ4n) is 2.91. The van der Waals surface area contributed by atoms with Crippen molar-refractivity contribution in [3.05, 3.63) is 51.5 Å². The number of rotatable bonds is 4. The molecule has 1 aliphatic rings. The standard InChI is InChI=1S/C18H20BrFN4O2/c1-12-16(19)17(21-22(12)2)18(26)24-9-7-23(8-10-24)11-15(25)13-3-5-14(20)6-4-13/h3-6H,7-11H2,1-2H3. The summed E-state index contributed by atoms with van der Waals surface area (Å²) in [6, 6.07) is 5.57. The second-order valence-electron chi connectivity index (χ2n) is 6.37. The zero-order valence-electron chi connectivity index (χ0n) is 14.7. The first-order valence-electron chi connectivity index (χ1n) is 8.36. The van der Waals surface area contributed by atoms with Gasteiger partial charge in [0.05, 0.1) is 16.7 Å². The molecule has 1 aromatic heterocycles. The van der Waals surface area contributed by atoms with E-state index in [0.717, 1.165) is 10.2 Å². The van der Waals surface area contributed by atoms with Crippen molar-refractivity contribution in [2.45, 2.75) is 6.92 Å². The van der Waals surface area contributed by atoms with Crippen LogP contribution < -0.4 is 0 Å². The number of hydrogen-bond donors (Lipinski definition) is 0. The lowest BCUT2D eigenvalue weighted by molar-refractivity contribution is 0.0617. The summed E-state index contributed by atoms with van der Waals surface area (Å²) in [5.74, 6) is -0.512. The molecule has 0 atom stereocenters. The SMILES string of the molecule is Cc1c(Br)c(C(=O)N2CCN(CC(=O)c3ccc(F)cc3)CC2)nn1C. The van der Waals surface area contributed by atoms with Crippen LogP contribution in [0.3, 0.4) is 0 Å². The number of carbonyl (C=O) groups excluding carboxylic acids is 2. The maximum Gasteiger partial charge on any atom is 0.275 e. The van der Waals surface area contributed by atoms with Gasteiger partial charge in [0, 0.05) is 38.8 Å². The summed E-state index contributed by atoms with van der Waals surface area (Å²) in [6.45, 7) is 4.46. The van der Waals surface area contributed by atoms with Crippen molar-refractivity contribution >= 4 is 27.6 Å². The Bertz CT molecular complexity index is 826. The van der Waals surface area contributed by atoms with Crippen molar-refractivity contribution in [2.24, 2.45) is 7.05 Å². The maximum atomic E-state index is 13.0. The van der Waals surface area contributed by atoms with Gasteiger partial charge < -0.3 is 4.90 Å². The number of ketones is 1. The Morgan fingerprint density at radius 3 is 2.31 bits per heavy atom. The zero-order chi connectivity index (χ0) is 18.8. The highest BCUT2D eigenvalue weighted by Gasteiger charge is 2.27. The van der Waals surface area contributed by atoms with Gasteiger partial charge in [-0.05, 0) is 47.1 Å². The van der Waals surface area contributed by atoms with Gasteiger partial charge >= 0.3 is 0 Å². The van der Waals surface area contributed by atoms with E-state index in [4.69, 9.17) is 0 Å². The molecular formula is C18H20BrFN4O2. The number of amides is 1. The summed E-state index contributed by atoms with van der Waals surface area (Å²) in [6.07, 6.45) is 0. The minimum absolute atomic E-state index is 0.0483. The van der Waals surface area contributed by atoms with Crippen molar-refractivity contribution < 1.29 is 14.0 Å². The topological polar surface area (TPSA) is 58.4 Å². The van der Waals surface area contributed by atoms with E-state index >= 15 is 0 Å². The van der Waals surface area contributed by atoms with Crippen LogP contribution in [0.5, 0.6) is 0 Å². The van der Waals surface area contributed by atoms with Gasteiger partial charge in [-0.15, -0.1) is 0 Å². The van der Waals surface area contributed by atoms with Crippen molar-refractivity contribution in [1.82, 2.24) is 19.6 Å². The molecule has 1 saturated heterocycles. The molecule has 1 amide bonds. The van der Waals surface area contributed by atoms with Gasteiger partial charge in [0.25, 0.3) is 5.91 Å². The smallest absolute Gasteiger partial charge is 0.275 e. The summed E-state index contributed by atoms with van der Waals surface area (Å²) >= 11 is 3.43. The number of Topliss-reactive ketones (excluding diaryl/α,β-unsaturated/α-hetero) is 1. The van der Waals surface area contributed by atoms with E-state index in [1.54, 1.807) is 16.6 Å². The third kappa shape index (κ3) is 3.86. The Balaban J connectivity index is 1.57. The van der Waals surface area contributed by atoms with E-state index in [9.17, 15) is 14.0 Å². The molecule has 0 bridgehead atoms. The van der Waals surface area contributed by atoms with E-state index in [1.807, 2.05) is 11.8 Å². The van der Waals surface area contributed by atoms with Crippen LogP contribution in [0.4, 0.5) is 4.39 Å². The Morgan fingerprint density at radius 1 is 1.15 bits per heavy atom. The molecular weight excluding hydrogens is 403 g/mol. The first-order chi connectivity index (χ1) is 12.4. The summed E-state index contributed by atoms with van der Waals surface area (Å²) in [4.78, 5) is 28.7. The molecule has 0 unspecified atom stereocenters. The van der Waals surface area contributed by atoms with Gasteiger partial charge in [-0.2, -0.15) is 5.10 Å². The lowest BCUT2D eigenvalue weighted by Crippen LogP contribution is -2.50. The lowest BCUT2D eigenvalue weighted by Gasteiger charge is -2.34. The van der Waals surface area contributed by atoms with Crippen LogP contribution >= 0.6 is 15.9 Å². The molecule has 1 fully saturated rings. The van der Waals surface area contributed by atoms with E-state index in [1.165, 1.54) is 24.3 Å². The lowest BCUT2D eigenvalue weighted by atomic mass is 10.1. The number of benzene rings is 1. The number of hydrogen-bond acceptors (Lipinski definition) is 4. The predicted octanol–water partition coefficient (Wildman–Crippen LogP) is 2.27. The van der Waals surface area contributed by atoms with Crippen LogP contribution in [0, 0.1) is 12.7 Å². The monoisotopic (exact) mass is 422 g/mol. The first-order valence-corrected chi connectivity index (χ1v) is 9.15. The van der Waals surface area contributed by atoms with E-state index in [2.05, 4.69) is 21.0 Å². The van der Waals surface area contributed by atoms with Gasteiger partial charge in [-0.3, -0.25) is 19.2 Å². The average molecular weight is 423 g/mol. The zero-order valence-corrected chi connectivity index (χ0v) is 16.3. The summed E-state index contributed by atoms with van der Waals surface area (Å²) in [5.41, 5.74) is 1.82. The third-order valence-corrected chi connectivity index (χ3v) is 5.61. The number of halogens is 2. The summed E-state index contributed by atoms with van der Waals surface area (Å²) < 4.78 is 15.3. The second-order valence-corrected chi connectivity index (χ2v) is 7.16. The van der Waals surface area contributed by atoms with Crippen LogP contribution in [0.1, 0.15) is 26.5 Å². The van der Waals surface area contributed by atoms with Crippen molar-refractivity contribution in [3.8, 4) is 0 Å². The third-order valence-electron chi connectivity index (χ3n) is 4.66. The van der Waals surface area contributed by atoms with Gasteiger partial charge in [0.15, 0.2) is 11.5 Å². The quantitative estimate of drug-likeness (QED) is 0.709. The molecule has 8 heteroatoms. The van der Waals surface area contributed by atoms with Crippen LogP contribution in [0.25, 0.3) is 0 Å². The molecule has 2 heterocycles. The highest BCUT2D eigenvalue weighted by atomic mass is 79.9. The molecule has 0 saturated carbocycles. The highest BCUT2D eigenvalue weighted by Crippen LogP contribution is 2.22. The van der Waals surface area contributed by atoms with E-state index < -0.39 is 0 Å². The highest BCUT2D eigenvalue weighted by molar-refractivity contribution is 9.10. The fourth-order valence-corrected chi connectivity index (χ4v) is 3.41. The Morgan fingerprint density at radius 2 is 1.77 bits per heavy atom. The molecule has 26 heavy (non-hydrogen) atoms. The van der Waals surface area contributed by atoms with Crippen LogP contribution in [-0.2, 0) is 7.05 Å². The minimum atomic E-state index is -0.357. The van der Waals surface area contributed by atoms with Crippen LogP contribution in [0.15, 0.2) is 28.7 Å². The Kier molecular flexibility index (Phi) is 5.52. The molecule has 0 spiro atoms. The van der Waals surface area contributed by atoms with Gasteiger partial charge in [0.1, 0.15) is 5.82 Å². The molecule has 138 valence electrons. The van der Waals surface area contributed by atoms with Gasteiger partial charge in [-0.1, -0.05) is 0 Å². The number of piperazine rings is 1. The van der Waals surface area contributed by atoms with Crippen molar-refractivity contribution in [3.63, 3.8) is 0 Å². The fraction of sp³-hybridized carbons (Fsp3) is 0.389. The van der Waals surface area contributed by atoms with Crippen LogP contribution in [-0.4, -0.2) is 64.0 Å². The molecule has 0 aliphatic carbocycles. The Labute approximate surface area is 159 Å². The summed E-state index contributed by atoms with van der Waals surface area (Å²) in [7, 11) is 1.80. The Hall–Kier alpha value is -2.06.